The van der Waals surface area contributed by atoms with Crippen molar-refractivity contribution in [3.63, 3.8) is 0 Å². The Kier molecular flexibility index (Phi) is 5.21. The minimum atomic E-state index is -3.86. The maximum atomic E-state index is 13.3. The highest BCUT2D eigenvalue weighted by Crippen LogP contribution is 2.38. The minimum Gasteiger partial charge on any atom is -0.464 e. The summed E-state index contributed by atoms with van der Waals surface area (Å²) in [5, 5.41) is 0. The number of nitrogens with zero attached hydrogens (tertiary/aromatic N) is 2. The van der Waals surface area contributed by atoms with Gasteiger partial charge in [-0.05, 0) is 31.2 Å². The first kappa shape index (κ1) is 18.0. The Morgan fingerprint density at radius 2 is 2.04 bits per heavy atom. The van der Waals surface area contributed by atoms with Crippen molar-refractivity contribution < 1.29 is 17.9 Å². The molecule has 1 aliphatic rings. The highest BCUT2D eigenvalue weighted by atomic mass is 32.2. The third-order valence-corrected chi connectivity index (χ3v) is 7.68. The van der Waals surface area contributed by atoms with Gasteiger partial charge in [-0.3, -0.25) is 0 Å². The zero-order valence-electron chi connectivity index (χ0n) is 14.1. The number of thiazole rings is 1. The number of methoxy groups -OCH3 is 1. The molecule has 134 valence electrons. The molecule has 1 unspecified atom stereocenters. The first-order valence-electron chi connectivity index (χ1n) is 8.02. The Bertz CT molecular complexity index is 845. The Hall–Kier alpha value is -1.77. The van der Waals surface area contributed by atoms with E-state index in [9.17, 15) is 13.2 Å². The van der Waals surface area contributed by atoms with Crippen LogP contribution in [0.2, 0.25) is 0 Å². The number of carbonyl (C=O) groups is 1. The molecule has 25 heavy (non-hydrogen) atoms. The van der Waals surface area contributed by atoms with Crippen LogP contribution in [0.25, 0.3) is 0 Å². The predicted octanol–water partition coefficient (Wildman–Crippen LogP) is 2.92. The van der Waals surface area contributed by atoms with Crippen molar-refractivity contribution in [2.24, 2.45) is 5.92 Å². The van der Waals surface area contributed by atoms with Crippen LogP contribution in [-0.2, 0) is 21.3 Å². The van der Waals surface area contributed by atoms with Crippen molar-refractivity contribution >= 4 is 27.3 Å². The summed E-state index contributed by atoms with van der Waals surface area (Å²) in [4.78, 5) is 15.8. The van der Waals surface area contributed by atoms with Crippen molar-refractivity contribution in [2.45, 2.75) is 36.6 Å². The zero-order chi connectivity index (χ0) is 18.0. The molecule has 1 fully saturated rings. The van der Waals surface area contributed by atoms with Gasteiger partial charge in [0.15, 0.2) is 9.90 Å². The zero-order valence-corrected chi connectivity index (χ0v) is 15.7. The van der Waals surface area contributed by atoms with E-state index in [2.05, 4.69) is 9.72 Å². The van der Waals surface area contributed by atoms with E-state index in [1.54, 1.807) is 0 Å². The van der Waals surface area contributed by atoms with Gasteiger partial charge in [0.05, 0.1) is 12.6 Å². The van der Waals surface area contributed by atoms with Gasteiger partial charge in [-0.2, -0.15) is 4.31 Å². The quantitative estimate of drug-likeness (QED) is 0.690. The van der Waals surface area contributed by atoms with E-state index in [0.29, 0.717) is 5.92 Å². The summed E-state index contributed by atoms with van der Waals surface area (Å²) < 4.78 is 32.7. The van der Waals surface area contributed by atoms with E-state index >= 15 is 0 Å². The molecule has 1 aromatic heterocycles. The Labute approximate surface area is 151 Å². The standard InChI is InChI=1S/C17H20N2O4S2/c1-12(14-8-9-14)19(10-13-6-4-3-5-7-13)25(21,22)17-15(16(20)23-2)18-11-24-17/h3-7,11-12,14H,8-10H2,1-2H3. The molecule has 8 heteroatoms. The fraction of sp³-hybridized carbons (Fsp3) is 0.412. The summed E-state index contributed by atoms with van der Waals surface area (Å²) in [6.45, 7) is 2.19. The first-order valence-corrected chi connectivity index (χ1v) is 10.3. The van der Waals surface area contributed by atoms with Crippen LogP contribution in [-0.4, -0.2) is 36.8 Å². The molecule has 0 amide bonds. The topological polar surface area (TPSA) is 76.6 Å². The molecule has 1 aliphatic carbocycles. The van der Waals surface area contributed by atoms with Crippen LogP contribution in [0.5, 0.6) is 0 Å². The van der Waals surface area contributed by atoms with Crippen LogP contribution >= 0.6 is 11.3 Å². The number of carbonyl (C=O) groups excluding carboxylic acids is 1. The lowest BCUT2D eigenvalue weighted by Crippen LogP contribution is -2.39. The second kappa shape index (κ2) is 7.23. The number of esters is 1. The Balaban J connectivity index is 1.99. The van der Waals surface area contributed by atoms with Crippen LogP contribution in [0.4, 0.5) is 0 Å². The molecule has 1 atom stereocenters. The van der Waals surface area contributed by atoms with E-state index in [0.717, 1.165) is 29.7 Å². The average molecular weight is 380 g/mol. The van der Waals surface area contributed by atoms with Crippen molar-refractivity contribution in [2.75, 3.05) is 7.11 Å². The van der Waals surface area contributed by atoms with Gasteiger partial charge in [-0.1, -0.05) is 30.3 Å². The molecule has 0 bridgehead atoms. The van der Waals surface area contributed by atoms with Gasteiger partial charge in [0.2, 0.25) is 0 Å². The summed E-state index contributed by atoms with van der Waals surface area (Å²) in [6, 6.07) is 9.32. The highest BCUT2D eigenvalue weighted by Gasteiger charge is 2.40. The molecule has 1 heterocycles. The van der Waals surface area contributed by atoms with E-state index in [1.165, 1.54) is 16.9 Å². The number of aromatic nitrogens is 1. The number of benzene rings is 1. The van der Waals surface area contributed by atoms with Crippen LogP contribution in [0.15, 0.2) is 40.1 Å². The molecule has 0 spiro atoms. The SMILES string of the molecule is COC(=O)c1ncsc1S(=O)(=O)N(Cc1ccccc1)C(C)C1CC1. The van der Waals surface area contributed by atoms with Crippen molar-refractivity contribution in [3.05, 3.63) is 47.1 Å². The van der Waals surface area contributed by atoms with E-state index < -0.39 is 16.0 Å². The lowest BCUT2D eigenvalue weighted by Gasteiger charge is -2.28. The Morgan fingerprint density at radius 1 is 1.36 bits per heavy atom. The maximum Gasteiger partial charge on any atom is 0.358 e. The summed E-state index contributed by atoms with van der Waals surface area (Å²) in [5.41, 5.74) is 2.12. The molecule has 1 aromatic carbocycles. The first-order chi connectivity index (χ1) is 11.9. The molecule has 6 nitrogen and oxygen atoms in total. The summed E-state index contributed by atoms with van der Waals surface area (Å²) in [7, 11) is -2.64. The van der Waals surface area contributed by atoms with Crippen molar-refractivity contribution in [1.29, 1.82) is 0 Å². The van der Waals surface area contributed by atoms with Crippen molar-refractivity contribution in [3.8, 4) is 0 Å². The fourth-order valence-electron chi connectivity index (χ4n) is 2.78. The molecule has 2 aromatic rings. The van der Waals surface area contributed by atoms with Gasteiger partial charge in [0.25, 0.3) is 10.0 Å². The number of ether oxygens (including phenoxy) is 1. The second-order valence-electron chi connectivity index (χ2n) is 6.09. The number of hydrogen-bond donors (Lipinski definition) is 0. The Morgan fingerprint density at radius 3 is 2.64 bits per heavy atom. The van der Waals surface area contributed by atoms with Crippen molar-refractivity contribution in [1.82, 2.24) is 9.29 Å². The van der Waals surface area contributed by atoms with E-state index in [4.69, 9.17) is 0 Å². The number of sulfonamides is 1. The molecule has 0 saturated heterocycles. The van der Waals surface area contributed by atoms with Crippen LogP contribution in [0.1, 0.15) is 35.8 Å². The third kappa shape index (κ3) is 3.75. The van der Waals surface area contributed by atoms with Crippen LogP contribution < -0.4 is 0 Å². The van der Waals surface area contributed by atoms with Gasteiger partial charge in [-0.15, -0.1) is 11.3 Å². The fourth-order valence-corrected chi connectivity index (χ4v) is 5.71. The minimum absolute atomic E-state index is 0.0530. The molecule has 1 saturated carbocycles. The normalized spacial score (nSPS) is 16.0. The second-order valence-corrected chi connectivity index (χ2v) is 9.03. The van der Waals surface area contributed by atoms with Crippen LogP contribution in [0, 0.1) is 5.92 Å². The largest absolute Gasteiger partial charge is 0.464 e. The molecule has 0 N–H and O–H groups in total. The maximum absolute atomic E-state index is 13.3. The summed E-state index contributed by atoms with van der Waals surface area (Å²) in [5.74, 6) is -0.383. The summed E-state index contributed by atoms with van der Waals surface area (Å²) in [6.07, 6.45) is 2.04. The van der Waals surface area contributed by atoms with E-state index in [1.807, 2.05) is 37.3 Å². The van der Waals surface area contributed by atoms with Gasteiger partial charge in [0, 0.05) is 12.6 Å². The number of rotatable bonds is 7. The predicted molar refractivity (Wildman–Crippen MR) is 94.8 cm³/mol. The van der Waals surface area contributed by atoms with Gasteiger partial charge in [-0.25, -0.2) is 18.2 Å². The molecule has 0 radical (unpaired) electrons. The molecular weight excluding hydrogens is 360 g/mol. The number of hydrogen-bond acceptors (Lipinski definition) is 6. The monoisotopic (exact) mass is 380 g/mol. The lowest BCUT2D eigenvalue weighted by atomic mass is 10.2. The molecule has 0 aliphatic heterocycles. The van der Waals surface area contributed by atoms with E-state index in [-0.39, 0.29) is 22.5 Å². The smallest absolute Gasteiger partial charge is 0.358 e. The van der Waals surface area contributed by atoms with Gasteiger partial charge < -0.3 is 4.74 Å². The molecular formula is C17H20N2O4S2. The van der Waals surface area contributed by atoms with Gasteiger partial charge >= 0.3 is 5.97 Å². The van der Waals surface area contributed by atoms with Crippen LogP contribution in [0.3, 0.4) is 0 Å². The third-order valence-electron chi connectivity index (χ3n) is 4.40. The van der Waals surface area contributed by atoms with Gasteiger partial charge in [0.1, 0.15) is 0 Å². The lowest BCUT2D eigenvalue weighted by molar-refractivity contribution is 0.0590. The molecule has 3 rings (SSSR count). The highest BCUT2D eigenvalue weighted by molar-refractivity contribution is 7.91. The average Bonchev–Trinajstić information content (AvgIpc) is 3.35. The summed E-state index contributed by atoms with van der Waals surface area (Å²) >= 11 is 0.947.